The SMILES string of the molecule is C=CCOc1ccc(C=CC(=O)OCC(=O)N2c3ccccc3CC2C)cc1. The predicted octanol–water partition coefficient (Wildman–Crippen LogP) is 3.79. The quantitative estimate of drug-likeness (QED) is 0.419. The third-order valence-corrected chi connectivity index (χ3v) is 4.47. The Morgan fingerprint density at radius 2 is 1.93 bits per heavy atom. The molecule has 2 aromatic carbocycles. The Morgan fingerprint density at radius 1 is 1.18 bits per heavy atom. The van der Waals surface area contributed by atoms with Crippen LogP contribution in [0.25, 0.3) is 6.08 Å². The van der Waals surface area contributed by atoms with E-state index in [1.165, 1.54) is 6.08 Å². The molecule has 0 fully saturated rings. The van der Waals surface area contributed by atoms with Gasteiger partial charge >= 0.3 is 5.97 Å². The van der Waals surface area contributed by atoms with Crippen molar-refractivity contribution in [2.75, 3.05) is 18.1 Å². The van der Waals surface area contributed by atoms with Gasteiger partial charge in [-0.25, -0.2) is 4.79 Å². The summed E-state index contributed by atoms with van der Waals surface area (Å²) in [7, 11) is 0. The van der Waals surface area contributed by atoms with Crippen molar-refractivity contribution in [3.05, 3.63) is 78.4 Å². The molecule has 28 heavy (non-hydrogen) atoms. The number of carbonyl (C=O) groups excluding carboxylic acids is 2. The molecular weight excluding hydrogens is 354 g/mol. The largest absolute Gasteiger partial charge is 0.490 e. The third-order valence-electron chi connectivity index (χ3n) is 4.47. The van der Waals surface area contributed by atoms with Gasteiger partial charge in [0, 0.05) is 17.8 Å². The van der Waals surface area contributed by atoms with Crippen molar-refractivity contribution in [2.45, 2.75) is 19.4 Å². The van der Waals surface area contributed by atoms with Gasteiger partial charge in [-0.2, -0.15) is 0 Å². The van der Waals surface area contributed by atoms with Gasteiger partial charge in [-0.1, -0.05) is 43.0 Å². The maximum absolute atomic E-state index is 12.5. The molecular formula is C23H23NO4. The Morgan fingerprint density at radius 3 is 2.68 bits per heavy atom. The number of hydrogen-bond donors (Lipinski definition) is 0. The monoisotopic (exact) mass is 377 g/mol. The molecule has 0 N–H and O–H groups in total. The summed E-state index contributed by atoms with van der Waals surface area (Å²) in [6, 6.07) is 15.1. The number of rotatable bonds is 7. The van der Waals surface area contributed by atoms with Gasteiger partial charge < -0.3 is 14.4 Å². The number of carbonyl (C=O) groups is 2. The van der Waals surface area contributed by atoms with E-state index >= 15 is 0 Å². The van der Waals surface area contributed by atoms with Crippen LogP contribution in [0.1, 0.15) is 18.1 Å². The van der Waals surface area contributed by atoms with Gasteiger partial charge in [0.25, 0.3) is 5.91 Å². The number of anilines is 1. The predicted molar refractivity (Wildman–Crippen MR) is 109 cm³/mol. The lowest BCUT2D eigenvalue weighted by molar-refractivity contribution is -0.143. The number of para-hydroxylation sites is 1. The molecule has 1 aliphatic rings. The standard InChI is InChI=1S/C23H23NO4/c1-3-14-27-20-11-8-18(9-12-20)10-13-23(26)28-16-22(25)24-17(2)15-19-6-4-5-7-21(19)24/h3-13,17H,1,14-16H2,2H3. The minimum Gasteiger partial charge on any atom is -0.490 e. The van der Waals surface area contributed by atoms with Gasteiger partial charge in [-0.3, -0.25) is 4.79 Å². The smallest absolute Gasteiger partial charge is 0.331 e. The van der Waals surface area contributed by atoms with E-state index < -0.39 is 5.97 Å². The molecule has 1 heterocycles. The van der Waals surface area contributed by atoms with Crippen LogP contribution in [-0.4, -0.2) is 31.1 Å². The molecule has 1 atom stereocenters. The molecule has 2 aromatic rings. The molecule has 5 nitrogen and oxygen atoms in total. The van der Waals surface area contributed by atoms with Crippen molar-refractivity contribution >= 4 is 23.6 Å². The first kappa shape index (κ1) is 19.4. The lowest BCUT2D eigenvalue weighted by Gasteiger charge is -2.22. The van der Waals surface area contributed by atoms with E-state index in [2.05, 4.69) is 6.58 Å². The molecule has 144 valence electrons. The second-order valence-corrected chi connectivity index (χ2v) is 6.56. The summed E-state index contributed by atoms with van der Waals surface area (Å²) in [6.45, 7) is 5.74. The van der Waals surface area contributed by atoms with Crippen molar-refractivity contribution in [1.82, 2.24) is 0 Å². The van der Waals surface area contributed by atoms with Crippen LogP contribution in [-0.2, 0) is 20.7 Å². The second-order valence-electron chi connectivity index (χ2n) is 6.56. The van der Waals surface area contributed by atoms with E-state index in [4.69, 9.17) is 9.47 Å². The highest BCUT2D eigenvalue weighted by molar-refractivity contribution is 5.98. The van der Waals surface area contributed by atoms with Crippen molar-refractivity contribution in [3.63, 3.8) is 0 Å². The highest BCUT2D eigenvalue weighted by Gasteiger charge is 2.30. The molecule has 5 heteroatoms. The maximum Gasteiger partial charge on any atom is 0.331 e. The van der Waals surface area contributed by atoms with E-state index in [0.717, 1.165) is 29.0 Å². The number of ether oxygens (including phenoxy) is 2. The zero-order valence-corrected chi connectivity index (χ0v) is 15.8. The normalized spacial score (nSPS) is 15.3. The number of esters is 1. The van der Waals surface area contributed by atoms with E-state index in [1.54, 1.807) is 17.1 Å². The fraction of sp³-hybridized carbons (Fsp3) is 0.217. The van der Waals surface area contributed by atoms with Gasteiger partial charge in [0.2, 0.25) is 0 Å². The molecule has 0 bridgehead atoms. The summed E-state index contributed by atoms with van der Waals surface area (Å²) < 4.78 is 10.5. The lowest BCUT2D eigenvalue weighted by atomic mass is 10.1. The van der Waals surface area contributed by atoms with Crippen LogP contribution in [0.15, 0.2) is 67.3 Å². The molecule has 0 saturated carbocycles. The first-order chi connectivity index (χ1) is 13.6. The zero-order valence-electron chi connectivity index (χ0n) is 15.8. The summed E-state index contributed by atoms with van der Waals surface area (Å²) in [6.07, 6.45) is 5.43. The van der Waals surface area contributed by atoms with Gasteiger partial charge in [-0.05, 0) is 48.7 Å². The van der Waals surface area contributed by atoms with Crippen molar-refractivity contribution in [3.8, 4) is 5.75 Å². The molecule has 1 unspecified atom stereocenters. The average molecular weight is 377 g/mol. The van der Waals surface area contributed by atoms with Gasteiger partial charge in [0.05, 0.1) is 0 Å². The Bertz CT molecular complexity index is 886. The first-order valence-corrected chi connectivity index (χ1v) is 9.17. The van der Waals surface area contributed by atoms with Crippen LogP contribution in [0.3, 0.4) is 0 Å². The molecule has 3 rings (SSSR count). The third kappa shape index (κ3) is 4.68. The summed E-state index contributed by atoms with van der Waals surface area (Å²) in [4.78, 5) is 26.2. The average Bonchev–Trinajstić information content (AvgIpc) is 3.05. The fourth-order valence-electron chi connectivity index (χ4n) is 3.19. The van der Waals surface area contributed by atoms with Crippen LogP contribution in [0.5, 0.6) is 5.75 Å². The molecule has 0 spiro atoms. The Hall–Kier alpha value is -3.34. The molecule has 0 aromatic heterocycles. The van der Waals surface area contributed by atoms with Crippen LogP contribution in [0, 0.1) is 0 Å². The van der Waals surface area contributed by atoms with E-state index in [-0.39, 0.29) is 18.6 Å². The Labute approximate surface area is 164 Å². The van der Waals surface area contributed by atoms with Gasteiger partial charge in [0.1, 0.15) is 12.4 Å². The number of hydrogen-bond acceptors (Lipinski definition) is 4. The van der Waals surface area contributed by atoms with Crippen molar-refractivity contribution in [1.29, 1.82) is 0 Å². The number of nitrogens with zero attached hydrogens (tertiary/aromatic N) is 1. The topological polar surface area (TPSA) is 55.8 Å². The Balaban J connectivity index is 1.52. The summed E-state index contributed by atoms with van der Waals surface area (Å²) in [5.41, 5.74) is 2.86. The minimum atomic E-state index is -0.555. The number of fused-ring (bicyclic) bond motifs is 1. The highest BCUT2D eigenvalue weighted by atomic mass is 16.5. The number of benzene rings is 2. The molecule has 0 radical (unpaired) electrons. The summed E-state index contributed by atoms with van der Waals surface area (Å²) in [5, 5.41) is 0. The first-order valence-electron chi connectivity index (χ1n) is 9.17. The van der Waals surface area contributed by atoms with Gasteiger partial charge in [0.15, 0.2) is 6.61 Å². The zero-order chi connectivity index (χ0) is 19.9. The van der Waals surface area contributed by atoms with Gasteiger partial charge in [-0.15, -0.1) is 0 Å². The number of amides is 1. The molecule has 1 amide bonds. The van der Waals surface area contributed by atoms with Crippen LogP contribution in [0.2, 0.25) is 0 Å². The Kier molecular flexibility index (Phi) is 6.27. The second kappa shape index (κ2) is 9.04. The fourth-order valence-corrected chi connectivity index (χ4v) is 3.19. The van der Waals surface area contributed by atoms with Crippen molar-refractivity contribution < 1.29 is 19.1 Å². The van der Waals surface area contributed by atoms with E-state index in [9.17, 15) is 9.59 Å². The minimum absolute atomic E-state index is 0.0565. The van der Waals surface area contributed by atoms with Crippen molar-refractivity contribution in [2.24, 2.45) is 0 Å². The van der Waals surface area contributed by atoms with Crippen LogP contribution < -0.4 is 9.64 Å². The molecule has 1 aliphatic heterocycles. The van der Waals surface area contributed by atoms with Crippen LogP contribution >= 0.6 is 0 Å². The molecule has 0 saturated heterocycles. The van der Waals surface area contributed by atoms with Crippen LogP contribution in [0.4, 0.5) is 5.69 Å². The summed E-state index contributed by atoms with van der Waals surface area (Å²) >= 11 is 0. The lowest BCUT2D eigenvalue weighted by Crippen LogP contribution is -2.38. The highest BCUT2D eigenvalue weighted by Crippen LogP contribution is 2.31. The molecule has 0 aliphatic carbocycles. The summed E-state index contributed by atoms with van der Waals surface area (Å²) in [5.74, 6) is -0.0476. The van der Waals surface area contributed by atoms with E-state index in [0.29, 0.717) is 6.61 Å². The maximum atomic E-state index is 12.5. The van der Waals surface area contributed by atoms with E-state index in [1.807, 2.05) is 55.5 Å².